The molecule has 2 aromatic rings. The van der Waals surface area contributed by atoms with Crippen LogP contribution < -0.4 is 0 Å². The molecule has 7 rings (SSSR count). The summed E-state index contributed by atoms with van der Waals surface area (Å²) < 4.78 is 6.06. The van der Waals surface area contributed by atoms with Crippen LogP contribution in [0.4, 0.5) is 0 Å². The largest absolute Gasteiger partial charge is 0.389 e. The molecule has 4 heteroatoms. The van der Waals surface area contributed by atoms with Gasteiger partial charge in [-0.15, -0.1) is 0 Å². The topological polar surface area (TPSA) is 35.9 Å². The van der Waals surface area contributed by atoms with Crippen molar-refractivity contribution in [2.24, 2.45) is 23.2 Å². The smallest absolute Gasteiger partial charge is 0.0900 e. The number of aliphatic hydroxyl groups excluding tert-OH is 1. The summed E-state index contributed by atoms with van der Waals surface area (Å²) in [5.41, 5.74) is 3.28. The highest BCUT2D eigenvalue weighted by Crippen LogP contribution is 2.61. The molecule has 0 amide bonds. The second-order valence-electron chi connectivity index (χ2n) is 12.5. The van der Waals surface area contributed by atoms with Crippen LogP contribution in [0.15, 0.2) is 60.7 Å². The van der Waals surface area contributed by atoms with E-state index in [4.69, 9.17) is 4.74 Å². The lowest BCUT2D eigenvalue weighted by atomic mass is 9.49. The molecule has 4 nitrogen and oxygen atoms in total. The Kier molecular flexibility index (Phi) is 7.48. The Morgan fingerprint density at radius 3 is 1.83 bits per heavy atom. The summed E-state index contributed by atoms with van der Waals surface area (Å²) in [4.78, 5) is 5.01. The van der Waals surface area contributed by atoms with E-state index >= 15 is 0 Å². The average molecular weight is 489 g/mol. The quantitative estimate of drug-likeness (QED) is 0.456. The molecule has 1 atom stereocenters. The van der Waals surface area contributed by atoms with Gasteiger partial charge in [-0.2, -0.15) is 0 Å². The normalized spacial score (nSPS) is 31.2. The van der Waals surface area contributed by atoms with Crippen molar-refractivity contribution in [3.05, 3.63) is 71.8 Å². The number of benzene rings is 2. The van der Waals surface area contributed by atoms with Crippen LogP contribution in [-0.2, 0) is 4.74 Å². The fourth-order valence-corrected chi connectivity index (χ4v) is 8.54. The molecular formula is C32H44N2O2. The fourth-order valence-electron chi connectivity index (χ4n) is 8.54. The Bertz CT molecular complexity index is 882. The first kappa shape index (κ1) is 24.6. The lowest BCUT2D eigenvalue weighted by Gasteiger charge is -2.57. The van der Waals surface area contributed by atoms with E-state index in [-0.39, 0.29) is 6.04 Å². The second kappa shape index (κ2) is 10.9. The Morgan fingerprint density at radius 2 is 1.31 bits per heavy atom. The van der Waals surface area contributed by atoms with Crippen molar-refractivity contribution in [1.82, 2.24) is 9.80 Å². The van der Waals surface area contributed by atoms with Gasteiger partial charge in [-0.1, -0.05) is 60.7 Å². The molecule has 1 unspecified atom stereocenters. The van der Waals surface area contributed by atoms with E-state index in [1.807, 2.05) is 0 Å². The zero-order valence-corrected chi connectivity index (χ0v) is 21.8. The number of rotatable bonds is 10. The van der Waals surface area contributed by atoms with Crippen molar-refractivity contribution in [3.63, 3.8) is 0 Å². The van der Waals surface area contributed by atoms with E-state index in [1.54, 1.807) is 0 Å². The fraction of sp³-hybridized carbons (Fsp3) is 0.625. The van der Waals surface area contributed by atoms with Crippen LogP contribution in [0.3, 0.4) is 0 Å². The van der Waals surface area contributed by atoms with Crippen LogP contribution in [-0.4, -0.2) is 66.9 Å². The lowest BCUT2D eigenvalue weighted by molar-refractivity contribution is -0.0745. The number of nitrogens with zero attached hydrogens (tertiary/aromatic N) is 2. The summed E-state index contributed by atoms with van der Waals surface area (Å²) in [7, 11) is 0. The van der Waals surface area contributed by atoms with Gasteiger partial charge in [0, 0.05) is 39.3 Å². The first-order valence-electron chi connectivity index (χ1n) is 14.5. The van der Waals surface area contributed by atoms with Gasteiger partial charge in [-0.25, -0.2) is 0 Å². The lowest BCUT2D eigenvalue weighted by Crippen LogP contribution is -2.50. The molecule has 5 fully saturated rings. The predicted octanol–water partition coefficient (Wildman–Crippen LogP) is 5.38. The van der Waals surface area contributed by atoms with Gasteiger partial charge < -0.3 is 9.84 Å². The minimum absolute atomic E-state index is 0.285. The van der Waals surface area contributed by atoms with Crippen LogP contribution in [0, 0.1) is 23.2 Å². The van der Waals surface area contributed by atoms with E-state index in [0.29, 0.717) is 18.6 Å². The molecule has 5 aliphatic rings. The minimum atomic E-state index is -0.396. The Labute approximate surface area is 217 Å². The molecule has 4 saturated carbocycles. The van der Waals surface area contributed by atoms with Crippen molar-refractivity contribution in [3.8, 4) is 0 Å². The molecule has 4 bridgehead atoms. The number of β-amino-alcohol motifs (C(OH)–C–C–N with tert-alkyl or cyclic N) is 1. The summed E-state index contributed by atoms with van der Waals surface area (Å²) in [6, 6.07) is 22.0. The third-order valence-electron chi connectivity index (χ3n) is 9.72. The van der Waals surface area contributed by atoms with Gasteiger partial charge in [-0.3, -0.25) is 9.80 Å². The monoisotopic (exact) mass is 488 g/mol. The summed E-state index contributed by atoms with van der Waals surface area (Å²) in [6.07, 6.45) is 9.66. The first-order valence-corrected chi connectivity index (χ1v) is 14.5. The van der Waals surface area contributed by atoms with Crippen LogP contribution in [0.25, 0.3) is 0 Å². The molecule has 0 radical (unpaired) electrons. The van der Waals surface area contributed by atoms with Crippen LogP contribution in [0.1, 0.15) is 62.1 Å². The maximum absolute atomic E-state index is 10.7. The van der Waals surface area contributed by atoms with Crippen LogP contribution >= 0.6 is 0 Å². The van der Waals surface area contributed by atoms with Crippen LogP contribution in [0.5, 0.6) is 0 Å². The van der Waals surface area contributed by atoms with E-state index in [2.05, 4.69) is 70.5 Å². The number of piperazine rings is 1. The van der Waals surface area contributed by atoms with Gasteiger partial charge in [0.15, 0.2) is 0 Å². The number of hydrogen-bond donors (Lipinski definition) is 1. The molecule has 2 aromatic carbocycles. The van der Waals surface area contributed by atoms with Gasteiger partial charge in [-0.05, 0) is 79.2 Å². The van der Waals surface area contributed by atoms with Crippen molar-refractivity contribution >= 4 is 0 Å². The Balaban J connectivity index is 0.952. The van der Waals surface area contributed by atoms with Crippen molar-refractivity contribution in [2.45, 2.75) is 57.1 Å². The SMILES string of the molecule is OC(COCCC12CC3CC(CC(C3)C1)C2)CN1CCN(C(c2ccccc2)c2ccccc2)CC1. The molecule has 4 aliphatic carbocycles. The molecule has 194 valence electrons. The first-order chi connectivity index (χ1) is 17.7. The van der Waals surface area contributed by atoms with Crippen molar-refractivity contribution in [2.75, 3.05) is 45.9 Å². The molecule has 0 spiro atoms. The molecule has 1 N–H and O–H groups in total. The summed E-state index contributed by atoms with van der Waals surface area (Å²) in [6.45, 7) is 6.01. The number of ether oxygens (including phenoxy) is 1. The third kappa shape index (κ3) is 5.57. The van der Waals surface area contributed by atoms with E-state index in [1.165, 1.54) is 56.1 Å². The maximum atomic E-state index is 10.7. The van der Waals surface area contributed by atoms with E-state index in [0.717, 1.165) is 50.5 Å². The zero-order chi connectivity index (χ0) is 24.4. The molecule has 36 heavy (non-hydrogen) atoms. The Hall–Kier alpha value is -1.72. The predicted molar refractivity (Wildman–Crippen MR) is 145 cm³/mol. The highest BCUT2D eigenvalue weighted by molar-refractivity contribution is 5.32. The Morgan fingerprint density at radius 1 is 0.778 bits per heavy atom. The van der Waals surface area contributed by atoms with Gasteiger partial charge in [0.2, 0.25) is 0 Å². The van der Waals surface area contributed by atoms with Gasteiger partial charge >= 0.3 is 0 Å². The highest BCUT2D eigenvalue weighted by Gasteiger charge is 2.50. The molecule has 0 aromatic heterocycles. The van der Waals surface area contributed by atoms with Gasteiger partial charge in [0.05, 0.1) is 18.8 Å². The zero-order valence-electron chi connectivity index (χ0n) is 21.8. The van der Waals surface area contributed by atoms with E-state index < -0.39 is 6.10 Å². The highest BCUT2D eigenvalue weighted by atomic mass is 16.5. The summed E-state index contributed by atoms with van der Waals surface area (Å²) in [5, 5.41) is 10.7. The molecule has 1 aliphatic heterocycles. The number of aliphatic hydroxyl groups is 1. The van der Waals surface area contributed by atoms with Gasteiger partial charge in [0.1, 0.15) is 0 Å². The average Bonchev–Trinajstić information content (AvgIpc) is 2.88. The van der Waals surface area contributed by atoms with Crippen molar-refractivity contribution in [1.29, 1.82) is 0 Å². The molecule has 1 saturated heterocycles. The van der Waals surface area contributed by atoms with E-state index in [9.17, 15) is 5.11 Å². The third-order valence-corrected chi connectivity index (χ3v) is 9.72. The van der Waals surface area contributed by atoms with Gasteiger partial charge in [0.25, 0.3) is 0 Å². The molecule has 1 heterocycles. The summed E-state index contributed by atoms with van der Waals surface area (Å²) >= 11 is 0. The summed E-state index contributed by atoms with van der Waals surface area (Å²) in [5.74, 6) is 3.01. The van der Waals surface area contributed by atoms with Crippen LogP contribution in [0.2, 0.25) is 0 Å². The van der Waals surface area contributed by atoms with Crippen molar-refractivity contribution < 1.29 is 9.84 Å². The molecular weight excluding hydrogens is 444 g/mol. The maximum Gasteiger partial charge on any atom is 0.0900 e. The standard InChI is InChI=1S/C32H44N2O2/c35-30(24-36-16-11-32-20-25-17-26(21-32)19-27(18-25)22-32)23-33-12-14-34(15-13-33)31(28-7-3-1-4-8-28)29-9-5-2-6-10-29/h1-10,25-27,30-31,35H,11-24H2. The second-order valence-corrected chi connectivity index (χ2v) is 12.5. The minimum Gasteiger partial charge on any atom is -0.389 e. The number of hydrogen-bond acceptors (Lipinski definition) is 4.